The lowest BCUT2D eigenvalue weighted by Gasteiger charge is -2.57. The van der Waals surface area contributed by atoms with E-state index in [1.54, 1.807) is 0 Å². The molecule has 9 atom stereocenters. The van der Waals surface area contributed by atoms with Crippen molar-refractivity contribution in [2.24, 2.45) is 46.3 Å². The molecule has 1 aliphatic heterocycles. The van der Waals surface area contributed by atoms with Crippen molar-refractivity contribution in [1.82, 2.24) is 0 Å². The first-order chi connectivity index (χ1) is 16.7. The first kappa shape index (κ1) is 26.0. The van der Waals surface area contributed by atoms with E-state index in [0.29, 0.717) is 23.0 Å². The summed E-state index contributed by atoms with van der Waals surface area (Å²) in [6.07, 6.45) is 18.2. The van der Waals surface area contributed by atoms with Crippen LogP contribution in [0.15, 0.2) is 11.6 Å². The molecule has 1 heterocycles. The van der Waals surface area contributed by atoms with Crippen molar-refractivity contribution in [3.8, 4) is 0 Å². The standard InChI is InChI=1S/C32H52O3/c1-21(2)9-8-10-22(3)25-12-13-26-30-27(15-17-32(25,26)5)31(4)16-14-24(19-23(31)20-28(30)33)35-29-11-6-7-18-34-29/h20-22,24-27,29-30H,6-19H2,1-5H3/t22-,24+,25+,26-,27-,29-,30-,31+,32-/m1/s1. The highest BCUT2D eigenvalue weighted by Crippen LogP contribution is 2.66. The summed E-state index contributed by atoms with van der Waals surface area (Å²) in [4.78, 5) is 13.8. The van der Waals surface area contributed by atoms with E-state index in [4.69, 9.17) is 9.47 Å². The van der Waals surface area contributed by atoms with E-state index in [2.05, 4.69) is 40.7 Å². The van der Waals surface area contributed by atoms with Crippen molar-refractivity contribution >= 4 is 5.78 Å². The van der Waals surface area contributed by atoms with Crippen LogP contribution in [0, 0.1) is 46.3 Å². The second-order valence-electron chi connectivity index (χ2n) is 14.1. The summed E-state index contributed by atoms with van der Waals surface area (Å²) in [5.41, 5.74) is 1.94. The van der Waals surface area contributed by atoms with Crippen LogP contribution in [0.3, 0.4) is 0 Å². The van der Waals surface area contributed by atoms with Gasteiger partial charge in [0.05, 0.1) is 6.10 Å². The summed E-state index contributed by atoms with van der Waals surface area (Å²) in [5.74, 6) is 4.24. The van der Waals surface area contributed by atoms with E-state index in [-0.39, 0.29) is 23.7 Å². The number of allylic oxidation sites excluding steroid dienone is 1. The number of hydrogen-bond donors (Lipinski definition) is 0. The van der Waals surface area contributed by atoms with Gasteiger partial charge in [-0.3, -0.25) is 4.79 Å². The van der Waals surface area contributed by atoms with Crippen LogP contribution in [0.1, 0.15) is 118 Å². The van der Waals surface area contributed by atoms with E-state index in [0.717, 1.165) is 50.0 Å². The van der Waals surface area contributed by atoms with Crippen LogP contribution in [0.5, 0.6) is 0 Å². The number of rotatable bonds is 7. The predicted molar refractivity (Wildman–Crippen MR) is 142 cm³/mol. The Kier molecular flexibility index (Phi) is 7.59. The summed E-state index contributed by atoms with van der Waals surface area (Å²) in [6, 6.07) is 0. The molecular formula is C32H52O3. The van der Waals surface area contributed by atoms with Crippen molar-refractivity contribution in [2.75, 3.05) is 6.61 Å². The molecule has 0 aromatic carbocycles. The molecule has 0 radical (unpaired) electrons. The molecule has 35 heavy (non-hydrogen) atoms. The molecule has 198 valence electrons. The van der Waals surface area contributed by atoms with Crippen LogP contribution >= 0.6 is 0 Å². The molecule has 3 nitrogen and oxygen atoms in total. The molecule has 0 N–H and O–H groups in total. The Morgan fingerprint density at radius 1 is 1.00 bits per heavy atom. The third kappa shape index (κ3) is 4.83. The van der Waals surface area contributed by atoms with Gasteiger partial charge in [0, 0.05) is 12.5 Å². The SMILES string of the molecule is CC(C)CCC[C@@H](C)[C@@H]1CC[C@@H]2[C@H]3C(=O)C=C4C[C@@H](O[C@@H]5CCCCO5)CC[C@]4(C)[C@@H]3CC[C@@]21C. The predicted octanol–water partition coefficient (Wildman–Crippen LogP) is 8.12. The van der Waals surface area contributed by atoms with Crippen molar-refractivity contribution in [1.29, 1.82) is 0 Å². The minimum absolute atomic E-state index is 0.0286. The average molecular weight is 485 g/mol. The Labute approximate surface area is 215 Å². The molecule has 0 unspecified atom stereocenters. The lowest BCUT2D eigenvalue weighted by Crippen LogP contribution is -2.54. The van der Waals surface area contributed by atoms with Crippen LogP contribution in [-0.2, 0) is 14.3 Å². The van der Waals surface area contributed by atoms with Crippen LogP contribution in [0.25, 0.3) is 0 Å². The Bertz CT molecular complexity index is 795. The number of hydrogen-bond acceptors (Lipinski definition) is 3. The van der Waals surface area contributed by atoms with E-state index in [9.17, 15) is 4.79 Å². The summed E-state index contributed by atoms with van der Waals surface area (Å²) in [5, 5.41) is 0. The maximum Gasteiger partial charge on any atom is 0.159 e. The maximum atomic E-state index is 13.8. The molecule has 5 rings (SSSR count). The minimum Gasteiger partial charge on any atom is -0.353 e. The largest absolute Gasteiger partial charge is 0.353 e. The second kappa shape index (κ2) is 10.2. The number of ketones is 1. The van der Waals surface area contributed by atoms with E-state index in [1.807, 2.05) is 0 Å². The first-order valence-corrected chi connectivity index (χ1v) is 15.2. The fourth-order valence-corrected chi connectivity index (χ4v) is 9.54. The highest BCUT2D eigenvalue weighted by atomic mass is 16.7. The quantitative estimate of drug-likeness (QED) is 0.366. The fraction of sp³-hybridized carbons (Fsp3) is 0.906. The van der Waals surface area contributed by atoms with Crippen LogP contribution in [0.2, 0.25) is 0 Å². The zero-order valence-electron chi connectivity index (χ0n) is 23.3. The van der Waals surface area contributed by atoms with Crippen LogP contribution in [-0.4, -0.2) is 24.8 Å². The lowest BCUT2D eigenvalue weighted by atomic mass is 9.46. The maximum absolute atomic E-state index is 13.8. The molecule has 0 aromatic heterocycles. The van der Waals surface area contributed by atoms with Crippen LogP contribution in [0.4, 0.5) is 0 Å². The summed E-state index contributed by atoms with van der Waals surface area (Å²) in [6.45, 7) is 13.1. The third-order valence-electron chi connectivity index (χ3n) is 11.6. The van der Waals surface area contributed by atoms with Gasteiger partial charge in [-0.2, -0.15) is 0 Å². The van der Waals surface area contributed by atoms with Gasteiger partial charge in [0.25, 0.3) is 0 Å². The molecule has 0 aromatic rings. The average Bonchev–Trinajstić information content (AvgIpc) is 3.17. The Balaban J connectivity index is 1.29. The van der Waals surface area contributed by atoms with E-state index in [1.165, 1.54) is 63.4 Å². The number of fused-ring (bicyclic) bond motifs is 5. The molecule has 0 bridgehead atoms. The van der Waals surface area contributed by atoms with Gasteiger partial charge in [-0.05, 0) is 111 Å². The molecule has 5 aliphatic rings. The normalized spacial score (nSPS) is 44.4. The summed E-state index contributed by atoms with van der Waals surface area (Å²) < 4.78 is 12.3. The monoisotopic (exact) mass is 484 g/mol. The Morgan fingerprint density at radius 3 is 2.57 bits per heavy atom. The highest BCUT2D eigenvalue weighted by molar-refractivity contribution is 5.94. The van der Waals surface area contributed by atoms with Gasteiger partial charge in [0.1, 0.15) is 0 Å². The zero-order chi connectivity index (χ0) is 24.8. The number of carbonyl (C=O) groups is 1. The van der Waals surface area contributed by atoms with Crippen LogP contribution < -0.4 is 0 Å². The Morgan fingerprint density at radius 2 is 1.83 bits per heavy atom. The lowest BCUT2D eigenvalue weighted by molar-refractivity contribution is -0.195. The summed E-state index contributed by atoms with van der Waals surface area (Å²) in [7, 11) is 0. The zero-order valence-corrected chi connectivity index (χ0v) is 23.3. The second-order valence-corrected chi connectivity index (χ2v) is 14.1. The smallest absolute Gasteiger partial charge is 0.159 e. The molecule has 1 saturated heterocycles. The van der Waals surface area contributed by atoms with Gasteiger partial charge < -0.3 is 9.47 Å². The molecule has 3 saturated carbocycles. The van der Waals surface area contributed by atoms with Gasteiger partial charge in [0.15, 0.2) is 12.1 Å². The number of ether oxygens (including phenoxy) is 2. The topological polar surface area (TPSA) is 35.5 Å². The third-order valence-corrected chi connectivity index (χ3v) is 11.6. The van der Waals surface area contributed by atoms with E-state index >= 15 is 0 Å². The van der Waals surface area contributed by atoms with Gasteiger partial charge in [0.2, 0.25) is 0 Å². The molecular weight excluding hydrogens is 432 g/mol. The highest BCUT2D eigenvalue weighted by Gasteiger charge is 2.61. The first-order valence-electron chi connectivity index (χ1n) is 15.2. The molecule has 4 aliphatic carbocycles. The molecule has 4 fully saturated rings. The molecule has 0 amide bonds. The fourth-order valence-electron chi connectivity index (χ4n) is 9.54. The Hall–Kier alpha value is -0.670. The van der Waals surface area contributed by atoms with Crippen molar-refractivity contribution in [2.45, 2.75) is 130 Å². The summed E-state index contributed by atoms with van der Waals surface area (Å²) >= 11 is 0. The molecule has 3 heteroatoms. The molecule has 0 spiro atoms. The van der Waals surface area contributed by atoms with Gasteiger partial charge >= 0.3 is 0 Å². The number of carbonyl (C=O) groups excluding carboxylic acids is 1. The minimum atomic E-state index is -0.0286. The van der Waals surface area contributed by atoms with Crippen molar-refractivity contribution < 1.29 is 14.3 Å². The van der Waals surface area contributed by atoms with Gasteiger partial charge in [-0.15, -0.1) is 0 Å². The van der Waals surface area contributed by atoms with Crippen molar-refractivity contribution in [3.63, 3.8) is 0 Å². The van der Waals surface area contributed by atoms with E-state index < -0.39 is 0 Å². The van der Waals surface area contributed by atoms with Gasteiger partial charge in [-0.25, -0.2) is 0 Å². The van der Waals surface area contributed by atoms with Gasteiger partial charge in [-0.1, -0.05) is 59.5 Å². The van der Waals surface area contributed by atoms with Crippen molar-refractivity contribution in [3.05, 3.63) is 11.6 Å².